The van der Waals surface area contributed by atoms with Crippen LogP contribution in [0.3, 0.4) is 0 Å². The van der Waals surface area contributed by atoms with E-state index in [2.05, 4.69) is 30.4 Å². The molecule has 1 N–H and O–H groups in total. The maximum Gasteiger partial charge on any atom is 0.0547 e. The van der Waals surface area contributed by atoms with Crippen LogP contribution in [0.25, 0.3) is 0 Å². The second-order valence-electron chi connectivity index (χ2n) is 6.50. The van der Waals surface area contributed by atoms with E-state index in [0.29, 0.717) is 11.5 Å². The molecule has 1 aliphatic heterocycles. The lowest BCUT2D eigenvalue weighted by Crippen LogP contribution is -2.46. The van der Waals surface area contributed by atoms with Crippen LogP contribution in [0.2, 0.25) is 0 Å². The Hall–Kier alpha value is 0.230. The summed E-state index contributed by atoms with van der Waals surface area (Å²) in [7, 11) is 2.28. The lowest BCUT2D eigenvalue weighted by Gasteiger charge is -2.35. The average molecular weight is 286 g/mol. The van der Waals surface area contributed by atoms with Gasteiger partial charge in [-0.25, -0.2) is 0 Å². The molecule has 0 aromatic carbocycles. The van der Waals surface area contributed by atoms with Crippen molar-refractivity contribution in [2.24, 2.45) is 5.41 Å². The number of ether oxygens (including phenoxy) is 1. The molecule has 19 heavy (non-hydrogen) atoms. The number of hydrogen-bond acceptors (Lipinski definition) is 4. The summed E-state index contributed by atoms with van der Waals surface area (Å²) >= 11 is 1.95. The number of thioether (sulfide) groups is 1. The topological polar surface area (TPSA) is 24.5 Å². The number of nitrogens with zero attached hydrogens (tertiary/aromatic N) is 1. The lowest BCUT2D eigenvalue weighted by atomic mass is 9.86. The van der Waals surface area contributed by atoms with Crippen molar-refractivity contribution in [1.29, 1.82) is 0 Å². The summed E-state index contributed by atoms with van der Waals surface area (Å²) in [4.78, 5) is 2.54. The molecule has 2 rings (SSSR count). The fraction of sp³-hybridized carbons (Fsp3) is 1.00. The summed E-state index contributed by atoms with van der Waals surface area (Å²) in [6.45, 7) is 6.54. The van der Waals surface area contributed by atoms with Crippen molar-refractivity contribution in [3.05, 3.63) is 0 Å². The highest BCUT2D eigenvalue weighted by Gasteiger charge is 2.38. The summed E-state index contributed by atoms with van der Waals surface area (Å²) in [5.74, 6) is 1.26. The summed E-state index contributed by atoms with van der Waals surface area (Å²) in [6.07, 6.45) is 7.43. The second-order valence-corrected chi connectivity index (χ2v) is 7.49. The van der Waals surface area contributed by atoms with Crippen LogP contribution in [-0.2, 0) is 4.74 Å². The maximum absolute atomic E-state index is 5.70. The first kappa shape index (κ1) is 15.6. The molecule has 112 valence electrons. The van der Waals surface area contributed by atoms with Gasteiger partial charge in [0.25, 0.3) is 0 Å². The van der Waals surface area contributed by atoms with Gasteiger partial charge in [0.1, 0.15) is 0 Å². The summed E-state index contributed by atoms with van der Waals surface area (Å²) in [5, 5.41) is 3.72. The second kappa shape index (κ2) is 7.30. The number of hydrogen-bond donors (Lipinski definition) is 1. The Balaban J connectivity index is 1.80. The third-order valence-electron chi connectivity index (χ3n) is 4.61. The van der Waals surface area contributed by atoms with Gasteiger partial charge < -0.3 is 15.0 Å². The number of rotatable bonds is 9. The first-order chi connectivity index (χ1) is 9.15. The van der Waals surface area contributed by atoms with Gasteiger partial charge in [-0.05, 0) is 51.7 Å². The third-order valence-corrected chi connectivity index (χ3v) is 5.25. The molecule has 0 amide bonds. The van der Waals surface area contributed by atoms with Crippen molar-refractivity contribution in [3.63, 3.8) is 0 Å². The van der Waals surface area contributed by atoms with E-state index in [4.69, 9.17) is 4.74 Å². The molecule has 2 atom stereocenters. The van der Waals surface area contributed by atoms with Crippen molar-refractivity contribution in [1.82, 2.24) is 10.2 Å². The Morgan fingerprint density at radius 2 is 2.26 bits per heavy atom. The molecule has 0 aromatic heterocycles. The van der Waals surface area contributed by atoms with Gasteiger partial charge in [-0.1, -0.05) is 0 Å². The van der Waals surface area contributed by atoms with Gasteiger partial charge in [0, 0.05) is 37.2 Å². The van der Waals surface area contributed by atoms with Crippen LogP contribution in [0.4, 0.5) is 0 Å². The molecule has 0 spiro atoms. The molecule has 2 aliphatic rings. The van der Waals surface area contributed by atoms with Crippen molar-refractivity contribution in [3.8, 4) is 0 Å². The molecule has 1 saturated carbocycles. The minimum absolute atomic E-state index is 0.352. The van der Waals surface area contributed by atoms with Gasteiger partial charge in [-0.3, -0.25) is 0 Å². The normalized spacial score (nSPS) is 29.1. The zero-order chi connectivity index (χ0) is 13.7. The van der Waals surface area contributed by atoms with E-state index < -0.39 is 0 Å². The van der Waals surface area contributed by atoms with Gasteiger partial charge in [-0.15, -0.1) is 0 Å². The zero-order valence-electron chi connectivity index (χ0n) is 12.8. The van der Waals surface area contributed by atoms with Gasteiger partial charge in [0.15, 0.2) is 0 Å². The fourth-order valence-electron chi connectivity index (χ4n) is 2.81. The predicted octanol–water partition coefficient (Wildman–Crippen LogP) is 2.22. The SMILES string of the molecule is CSCCC(C)N(C)CC1(CNC2CC2)CCOC1. The Labute approximate surface area is 122 Å². The molecule has 1 aliphatic carbocycles. The van der Waals surface area contributed by atoms with Crippen molar-refractivity contribution >= 4 is 11.8 Å². The van der Waals surface area contributed by atoms with Crippen LogP contribution in [-0.4, -0.2) is 62.3 Å². The van der Waals surface area contributed by atoms with Crippen molar-refractivity contribution in [2.75, 3.05) is 45.4 Å². The van der Waals surface area contributed by atoms with E-state index in [0.717, 1.165) is 25.8 Å². The van der Waals surface area contributed by atoms with Crippen LogP contribution >= 0.6 is 11.8 Å². The van der Waals surface area contributed by atoms with Crippen LogP contribution in [0, 0.1) is 5.41 Å². The maximum atomic E-state index is 5.70. The van der Waals surface area contributed by atoms with E-state index in [1.54, 1.807) is 0 Å². The fourth-order valence-corrected chi connectivity index (χ4v) is 3.39. The number of nitrogens with one attached hydrogen (secondary N) is 1. The molecule has 0 aromatic rings. The standard InChI is InChI=1S/C15H30N2OS/c1-13(6-9-19-3)17(2)11-15(7-8-18-12-15)10-16-14-4-5-14/h13-14,16H,4-12H2,1-3H3. The Bertz CT molecular complexity index is 265. The minimum atomic E-state index is 0.352. The highest BCUT2D eigenvalue weighted by Crippen LogP contribution is 2.31. The van der Waals surface area contributed by atoms with E-state index >= 15 is 0 Å². The highest BCUT2D eigenvalue weighted by atomic mass is 32.2. The summed E-state index contributed by atoms with van der Waals surface area (Å²) < 4.78 is 5.70. The smallest absolute Gasteiger partial charge is 0.0547 e. The zero-order valence-corrected chi connectivity index (χ0v) is 13.6. The third kappa shape index (κ3) is 4.92. The van der Waals surface area contributed by atoms with E-state index in [9.17, 15) is 0 Å². The van der Waals surface area contributed by atoms with E-state index in [-0.39, 0.29) is 0 Å². The Morgan fingerprint density at radius 1 is 1.47 bits per heavy atom. The van der Waals surface area contributed by atoms with Gasteiger partial charge in [-0.2, -0.15) is 11.8 Å². The first-order valence-electron chi connectivity index (χ1n) is 7.65. The quantitative estimate of drug-likeness (QED) is 0.702. The van der Waals surface area contributed by atoms with Crippen molar-refractivity contribution < 1.29 is 4.74 Å². The molecular formula is C15H30N2OS. The molecule has 3 nitrogen and oxygen atoms in total. The van der Waals surface area contributed by atoms with Crippen molar-refractivity contribution in [2.45, 2.75) is 44.7 Å². The minimum Gasteiger partial charge on any atom is -0.381 e. The lowest BCUT2D eigenvalue weighted by molar-refractivity contribution is 0.103. The molecule has 2 fully saturated rings. The predicted molar refractivity (Wildman–Crippen MR) is 84.0 cm³/mol. The van der Waals surface area contributed by atoms with Gasteiger partial charge >= 0.3 is 0 Å². The van der Waals surface area contributed by atoms with Gasteiger partial charge in [0.05, 0.1) is 6.61 Å². The Kier molecular flexibility index (Phi) is 6.00. The van der Waals surface area contributed by atoms with Crippen LogP contribution < -0.4 is 5.32 Å². The van der Waals surface area contributed by atoms with E-state index in [1.165, 1.54) is 38.0 Å². The van der Waals surface area contributed by atoms with Crippen LogP contribution in [0.1, 0.15) is 32.6 Å². The molecule has 2 unspecified atom stereocenters. The molecule has 1 heterocycles. The van der Waals surface area contributed by atoms with Crippen LogP contribution in [0.15, 0.2) is 0 Å². The van der Waals surface area contributed by atoms with E-state index in [1.807, 2.05) is 11.8 Å². The molecule has 0 bridgehead atoms. The molecule has 4 heteroatoms. The largest absolute Gasteiger partial charge is 0.381 e. The summed E-state index contributed by atoms with van der Waals surface area (Å²) in [6, 6.07) is 1.47. The molecule has 0 radical (unpaired) electrons. The highest BCUT2D eigenvalue weighted by molar-refractivity contribution is 7.98. The Morgan fingerprint density at radius 3 is 2.84 bits per heavy atom. The molecular weight excluding hydrogens is 256 g/mol. The summed E-state index contributed by atoms with van der Waals surface area (Å²) in [5.41, 5.74) is 0.352. The first-order valence-corrected chi connectivity index (χ1v) is 9.05. The van der Waals surface area contributed by atoms with Crippen LogP contribution in [0.5, 0.6) is 0 Å². The monoisotopic (exact) mass is 286 g/mol. The molecule has 1 saturated heterocycles. The van der Waals surface area contributed by atoms with Gasteiger partial charge in [0.2, 0.25) is 0 Å². The average Bonchev–Trinajstić information content (AvgIpc) is 3.13.